The maximum absolute atomic E-state index is 12.4. The second-order valence-corrected chi connectivity index (χ2v) is 8.96. The Balaban J connectivity index is 1.94. The van der Waals surface area contributed by atoms with Crippen LogP contribution in [0.1, 0.15) is 31.9 Å². The largest absolute Gasteiger partial charge is 0.444 e. The van der Waals surface area contributed by atoms with Gasteiger partial charge in [-0.2, -0.15) is 0 Å². The molecule has 174 valence electrons. The Morgan fingerprint density at radius 3 is 2.28 bits per heavy atom. The van der Waals surface area contributed by atoms with E-state index in [0.717, 1.165) is 23.2 Å². The average molecular weight is 442 g/mol. The van der Waals surface area contributed by atoms with Gasteiger partial charge >= 0.3 is 6.09 Å². The molecule has 0 aliphatic rings. The van der Waals surface area contributed by atoms with Crippen LogP contribution in [-0.4, -0.2) is 66.3 Å². The second kappa shape index (κ2) is 11.6. The molecule has 0 radical (unpaired) electrons. The molecule has 2 amide bonds. The van der Waals surface area contributed by atoms with Gasteiger partial charge in [0.2, 0.25) is 5.91 Å². The van der Waals surface area contributed by atoms with Crippen molar-refractivity contribution in [2.75, 3.05) is 33.8 Å². The summed E-state index contributed by atoms with van der Waals surface area (Å²) in [6, 6.07) is 16.4. The number of ether oxygens (including phenoxy) is 1. The van der Waals surface area contributed by atoms with Crippen LogP contribution in [0.4, 0.5) is 4.79 Å². The highest BCUT2D eigenvalue weighted by Gasteiger charge is 2.17. The molecular formula is C25H35N3O4. The van der Waals surface area contributed by atoms with Crippen molar-refractivity contribution in [2.45, 2.75) is 39.5 Å². The molecule has 0 unspecified atom stereocenters. The molecule has 2 aromatic rings. The zero-order chi connectivity index (χ0) is 23.7. The minimum Gasteiger partial charge on any atom is -0.444 e. The molecule has 7 nitrogen and oxygen atoms in total. The first-order valence-electron chi connectivity index (χ1n) is 10.8. The molecule has 0 aromatic heterocycles. The van der Waals surface area contributed by atoms with Gasteiger partial charge in [-0.3, -0.25) is 9.69 Å². The zero-order valence-corrected chi connectivity index (χ0v) is 19.7. The number of nitrogens with one attached hydrogen (secondary N) is 1. The second-order valence-electron chi connectivity index (χ2n) is 8.96. The van der Waals surface area contributed by atoms with E-state index >= 15 is 0 Å². The number of benzene rings is 2. The van der Waals surface area contributed by atoms with Crippen molar-refractivity contribution in [3.63, 3.8) is 0 Å². The molecular weight excluding hydrogens is 406 g/mol. The van der Waals surface area contributed by atoms with Gasteiger partial charge in [-0.15, -0.1) is 0 Å². The summed E-state index contributed by atoms with van der Waals surface area (Å²) < 4.78 is 5.16. The summed E-state index contributed by atoms with van der Waals surface area (Å²) in [5.74, 6) is -0.197. The summed E-state index contributed by atoms with van der Waals surface area (Å²) in [5.41, 5.74) is 3.75. The number of aliphatic hydroxyl groups is 1. The highest BCUT2D eigenvalue weighted by Crippen LogP contribution is 2.22. The van der Waals surface area contributed by atoms with Crippen LogP contribution in [0, 0.1) is 0 Å². The predicted molar refractivity (Wildman–Crippen MR) is 126 cm³/mol. The Kier molecular flexibility index (Phi) is 9.23. The highest BCUT2D eigenvalue weighted by molar-refractivity contribution is 5.82. The lowest BCUT2D eigenvalue weighted by molar-refractivity contribution is -0.129. The van der Waals surface area contributed by atoms with E-state index in [9.17, 15) is 9.59 Å². The summed E-state index contributed by atoms with van der Waals surface area (Å²) in [6.07, 6.45) is -0.604. The summed E-state index contributed by atoms with van der Waals surface area (Å²) in [4.78, 5) is 27.8. The molecule has 0 fully saturated rings. The van der Waals surface area contributed by atoms with Crippen LogP contribution in [0.3, 0.4) is 0 Å². The number of carbonyl (C=O) groups excluding carboxylic acids is 2. The quantitative estimate of drug-likeness (QED) is 0.624. The van der Waals surface area contributed by atoms with E-state index in [1.165, 1.54) is 5.56 Å². The first kappa shape index (κ1) is 25.4. The molecule has 0 saturated carbocycles. The third-order valence-electron chi connectivity index (χ3n) is 4.78. The number of alkyl carbamates (subject to hydrolysis) is 1. The molecule has 0 bridgehead atoms. The lowest BCUT2D eigenvalue weighted by Gasteiger charge is -2.21. The van der Waals surface area contributed by atoms with Gasteiger partial charge in [0, 0.05) is 26.7 Å². The standard InChI is InChI=1S/C25H35N3O4/c1-25(2,3)32-24(31)26-16-23(30)28(5)18-20-7-6-8-22(15-20)21-11-9-19(10-12-21)17-27(4)13-14-29/h6-12,15,29H,13-14,16-18H2,1-5H3,(H,26,31). The van der Waals surface area contributed by atoms with Gasteiger partial charge in [-0.25, -0.2) is 4.79 Å². The number of aliphatic hydroxyl groups excluding tert-OH is 1. The van der Waals surface area contributed by atoms with Crippen LogP contribution in [0.5, 0.6) is 0 Å². The normalized spacial score (nSPS) is 11.3. The summed E-state index contributed by atoms with van der Waals surface area (Å²) in [6.45, 7) is 7.22. The predicted octanol–water partition coefficient (Wildman–Crippen LogP) is 3.26. The van der Waals surface area contributed by atoms with Crippen LogP contribution in [0.2, 0.25) is 0 Å². The SMILES string of the molecule is CN(CCO)Cc1ccc(-c2cccc(CN(C)C(=O)CNC(=O)OC(C)(C)C)c2)cc1. The van der Waals surface area contributed by atoms with E-state index in [-0.39, 0.29) is 19.1 Å². The van der Waals surface area contributed by atoms with Crippen LogP contribution >= 0.6 is 0 Å². The molecule has 0 heterocycles. The Hall–Kier alpha value is -2.90. The molecule has 2 aromatic carbocycles. The van der Waals surface area contributed by atoms with Crippen LogP contribution < -0.4 is 5.32 Å². The number of likely N-dealkylation sites (N-methyl/N-ethyl adjacent to an activating group) is 2. The minimum atomic E-state index is -0.604. The number of carbonyl (C=O) groups is 2. The van der Waals surface area contributed by atoms with E-state index < -0.39 is 11.7 Å². The molecule has 7 heteroatoms. The highest BCUT2D eigenvalue weighted by atomic mass is 16.6. The van der Waals surface area contributed by atoms with Gasteiger partial charge in [0.1, 0.15) is 12.1 Å². The Labute approximate surface area is 191 Å². The minimum absolute atomic E-state index is 0.114. The number of hydrogen-bond donors (Lipinski definition) is 2. The first-order valence-corrected chi connectivity index (χ1v) is 10.8. The molecule has 2 N–H and O–H groups in total. The van der Waals surface area contributed by atoms with Gasteiger partial charge in [0.15, 0.2) is 0 Å². The van der Waals surface area contributed by atoms with Crippen molar-refractivity contribution < 1.29 is 19.4 Å². The lowest BCUT2D eigenvalue weighted by atomic mass is 10.0. The smallest absolute Gasteiger partial charge is 0.408 e. The van der Waals surface area contributed by atoms with Gasteiger partial charge in [-0.1, -0.05) is 42.5 Å². The molecule has 0 spiro atoms. The monoisotopic (exact) mass is 441 g/mol. The maximum atomic E-state index is 12.4. The van der Waals surface area contributed by atoms with Crippen LogP contribution in [-0.2, 0) is 22.6 Å². The average Bonchev–Trinajstić information content (AvgIpc) is 2.71. The summed E-state index contributed by atoms with van der Waals surface area (Å²) in [7, 11) is 3.69. The Bertz CT molecular complexity index is 891. The molecule has 32 heavy (non-hydrogen) atoms. The van der Waals surface area contributed by atoms with Gasteiger partial charge in [-0.05, 0) is 56.1 Å². The Morgan fingerprint density at radius 1 is 0.969 bits per heavy atom. The third kappa shape index (κ3) is 8.69. The molecule has 2 rings (SSSR count). The number of hydrogen-bond acceptors (Lipinski definition) is 5. The van der Waals surface area contributed by atoms with E-state index in [1.807, 2.05) is 25.2 Å². The lowest BCUT2D eigenvalue weighted by Crippen LogP contribution is -2.40. The van der Waals surface area contributed by atoms with E-state index in [2.05, 4.69) is 40.5 Å². The van der Waals surface area contributed by atoms with Crippen molar-refractivity contribution in [1.29, 1.82) is 0 Å². The first-order chi connectivity index (χ1) is 15.1. The molecule has 0 aliphatic carbocycles. The van der Waals surface area contributed by atoms with E-state index in [0.29, 0.717) is 13.1 Å². The molecule has 0 aliphatic heterocycles. The van der Waals surface area contributed by atoms with Crippen molar-refractivity contribution >= 4 is 12.0 Å². The zero-order valence-electron chi connectivity index (χ0n) is 19.7. The van der Waals surface area contributed by atoms with Gasteiger partial charge < -0.3 is 20.1 Å². The fourth-order valence-electron chi connectivity index (χ4n) is 3.17. The van der Waals surface area contributed by atoms with Crippen LogP contribution in [0.15, 0.2) is 48.5 Å². The van der Waals surface area contributed by atoms with Crippen LogP contribution in [0.25, 0.3) is 11.1 Å². The van der Waals surface area contributed by atoms with Gasteiger partial charge in [0.25, 0.3) is 0 Å². The fraction of sp³-hybridized carbons (Fsp3) is 0.440. The topological polar surface area (TPSA) is 82.1 Å². The van der Waals surface area contributed by atoms with E-state index in [4.69, 9.17) is 9.84 Å². The van der Waals surface area contributed by atoms with Crippen molar-refractivity contribution in [1.82, 2.24) is 15.1 Å². The summed E-state index contributed by atoms with van der Waals surface area (Å²) in [5, 5.41) is 11.5. The molecule has 0 atom stereocenters. The molecule has 0 saturated heterocycles. The van der Waals surface area contributed by atoms with E-state index in [1.54, 1.807) is 32.7 Å². The maximum Gasteiger partial charge on any atom is 0.408 e. The van der Waals surface area contributed by atoms with Crippen molar-refractivity contribution in [3.8, 4) is 11.1 Å². The summed E-state index contributed by atoms with van der Waals surface area (Å²) >= 11 is 0. The Morgan fingerprint density at radius 2 is 1.66 bits per heavy atom. The fourth-order valence-corrected chi connectivity index (χ4v) is 3.17. The van der Waals surface area contributed by atoms with Crippen molar-refractivity contribution in [2.24, 2.45) is 0 Å². The van der Waals surface area contributed by atoms with Gasteiger partial charge in [0.05, 0.1) is 6.61 Å². The number of amides is 2. The van der Waals surface area contributed by atoms with Crippen molar-refractivity contribution in [3.05, 3.63) is 59.7 Å². The number of rotatable bonds is 9. The third-order valence-corrected chi connectivity index (χ3v) is 4.78. The number of nitrogens with zero attached hydrogens (tertiary/aromatic N) is 2.